The molecule has 1 heterocycles. The van der Waals surface area contributed by atoms with E-state index in [9.17, 15) is 8.78 Å². The predicted octanol–water partition coefficient (Wildman–Crippen LogP) is 4.16. The molecule has 3 rings (SSSR count). The van der Waals surface area contributed by atoms with Gasteiger partial charge < -0.3 is 10.1 Å². The molecule has 1 atom stereocenters. The largest absolute Gasteiger partial charge is 0.482 e. The third-order valence-electron chi connectivity index (χ3n) is 3.01. The second-order valence-electron chi connectivity index (χ2n) is 4.30. The van der Waals surface area contributed by atoms with Crippen molar-refractivity contribution in [2.75, 3.05) is 11.9 Å². The third kappa shape index (κ3) is 2.36. The average molecular weight is 282 g/mol. The number of nitrogens with one attached hydrogen (secondary N) is 1. The fraction of sp³-hybridized carbons (Fsp3) is 0.143. The Bertz CT molecular complexity index is 633. The minimum atomic E-state index is -0.877. The summed E-state index contributed by atoms with van der Waals surface area (Å²) in [6.45, 7) is 0.486. The van der Waals surface area contributed by atoms with Crippen molar-refractivity contribution >= 4 is 17.3 Å². The standard InChI is InChI=1S/C14H10ClF2NO/c15-9-2-4-12-13(6-9)19-14(7-18-12)8-1-3-10(16)11(17)5-8/h1-6,14,18H,7H2. The van der Waals surface area contributed by atoms with Crippen LogP contribution in [-0.2, 0) is 0 Å². The van der Waals surface area contributed by atoms with Gasteiger partial charge in [-0.3, -0.25) is 0 Å². The van der Waals surface area contributed by atoms with E-state index in [1.165, 1.54) is 6.07 Å². The number of rotatable bonds is 1. The summed E-state index contributed by atoms with van der Waals surface area (Å²) in [4.78, 5) is 0. The summed E-state index contributed by atoms with van der Waals surface area (Å²) in [6, 6.07) is 9.03. The van der Waals surface area contributed by atoms with Crippen LogP contribution in [0.3, 0.4) is 0 Å². The first-order valence-electron chi connectivity index (χ1n) is 5.78. The molecule has 98 valence electrons. The van der Waals surface area contributed by atoms with Crippen LogP contribution in [0, 0.1) is 11.6 Å². The fourth-order valence-corrected chi connectivity index (χ4v) is 2.20. The van der Waals surface area contributed by atoms with E-state index in [0.717, 1.165) is 17.8 Å². The van der Waals surface area contributed by atoms with E-state index in [2.05, 4.69) is 5.32 Å². The summed E-state index contributed by atoms with van der Waals surface area (Å²) in [5, 5.41) is 3.73. The molecular formula is C14H10ClF2NO. The molecule has 0 bridgehead atoms. The van der Waals surface area contributed by atoms with Crippen LogP contribution in [0.15, 0.2) is 36.4 Å². The zero-order valence-electron chi connectivity index (χ0n) is 9.79. The molecule has 2 aromatic carbocycles. The maximum Gasteiger partial charge on any atom is 0.159 e. The topological polar surface area (TPSA) is 21.3 Å². The predicted molar refractivity (Wildman–Crippen MR) is 69.7 cm³/mol. The Morgan fingerprint density at radius 3 is 2.74 bits per heavy atom. The summed E-state index contributed by atoms with van der Waals surface area (Å²) in [7, 11) is 0. The molecule has 0 amide bonds. The first-order valence-corrected chi connectivity index (χ1v) is 6.16. The first-order chi connectivity index (χ1) is 9.13. The smallest absolute Gasteiger partial charge is 0.159 e. The van der Waals surface area contributed by atoms with E-state index in [-0.39, 0.29) is 6.10 Å². The zero-order valence-corrected chi connectivity index (χ0v) is 10.5. The van der Waals surface area contributed by atoms with Gasteiger partial charge >= 0.3 is 0 Å². The molecule has 0 saturated carbocycles. The lowest BCUT2D eigenvalue weighted by atomic mass is 10.1. The van der Waals surface area contributed by atoms with Crippen molar-refractivity contribution in [2.24, 2.45) is 0 Å². The highest BCUT2D eigenvalue weighted by Crippen LogP contribution is 2.36. The molecule has 0 radical (unpaired) electrons. The van der Waals surface area contributed by atoms with Crippen molar-refractivity contribution in [3.05, 3.63) is 58.6 Å². The van der Waals surface area contributed by atoms with Crippen molar-refractivity contribution in [3.63, 3.8) is 0 Å². The van der Waals surface area contributed by atoms with E-state index in [0.29, 0.717) is 22.9 Å². The number of benzene rings is 2. The second kappa shape index (κ2) is 4.70. The van der Waals surface area contributed by atoms with Gasteiger partial charge in [-0.25, -0.2) is 8.78 Å². The lowest BCUT2D eigenvalue weighted by molar-refractivity contribution is 0.210. The molecule has 2 aromatic rings. The molecule has 0 aromatic heterocycles. The molecule has 1 N–H and O–H groups in total. The maximum atomic E-state index is 13.2. The van der Waals surface area contributed by atoms with Crippen LogP contribution >= 0.6 is 11.6 Å². The minimum absolute atomic E-state index is 0.374. The summed E-state index contributed by atoms with van der Waals surface area (Å²) in [5.74, 6) is -1.14. The molecule has 1 aliphatic rings. The number of hydrogen-bond acceptors (Lipinski definition) is 2. The number of ether oxygens (including phenoxy) is 1. The molecular weight excluding hydrogens is 272 g/mol. The molecule has 1 aliphatic heterocycles. The van der Waals surface area contributed by atoms with Crippen LogP contribution < -0.4 is 10.1 Å². The lowest BCUT2D eigenvalue weighted by Crippen LogP contribution is -2.23. The molecule has 0 aliphatic carbocycles. The Morgan fingerprint density at radius 1 is 1.11 bits per heavy atom. The van der Waals surface area contributed by atoms with Crippen LogP contribution in [0.4, 0.5) is 14.5 Å². The van der Waals surface area contributed by atoms with E-state index in [1.54, 1.807) is 12.1 Å². The lowest BCUT2D eigenvalue weighted by Gasteiger charge is -2.27. The maximum absolute atomic E-state index is 13.2. The van der Waals surface area contributed by atoms with Crippen LogP contribution in [0.5, 0.6) is 5.75 Å². The van der Waals surface area contributed by atoms with Gasteiger partial charge in [0.15, 0.2) is 11.6 Å². The van der Waals surface area contributed by atoms with Crippen molar-refractivity contribution < 1.29 is 13.5 Å². The quantitative estimate of drug-likeness (QED) is 0.847. The van der Waals surface area contributed by atoms with Crippen LogP contribution in [-0.4, -0.2) is 6.54 Å². The van der Waals surface area contributed by atoms with Gasteiger partial charge in [0, 0.05) is 11.1 Å². The van der Waals surface area contributed by atoms with Gasteiger partial charge in [-0.15, -0.1) is 0 Å². The van der Waals surface area contributed by atoms with Gasteiger partial charge in [0.05, 0.1) is 12.2 Å². The monoisotopic (exact) mass is 281 g/mol. The van der Waals surface area contributed by atoms with Gasteiger partial charge in [-0.05, 0) is 29.8 Å². The Balaban J connectivity index is 1.90. The Hall–Kier alpha value is -1.81. The third-order valence-corrected chi connectivity index (χ3v) is 3.24. The molecule has 1 unspecified atom stereocenters. The van der Waals surface area contributed by atoms with Crippen LogP contribution in [0.25, 0.3) is 0 Å². The molecule has 0 fully saturated rings. The van der Waals surface area contributed by atoms with Gasteiger partial charge in [0.2, 0.25) is 0 Å². The van der Waals surface area contributed by atoms with Crippen molar-refractivity contribution in [1.29, 1.82) is 0 Å². The average Bonchev–Trinajstić information content (AvgIpc) is 2.41. The molecule has 2 nitrogen and oxygen atoms in total. The van der Waals surface area contributed by atoms with E-state index < -0.39 is 11.6 Å². The van der Waals surface area contributed by atoms with Gasteiger partial charge in [0.25, 0.3) is 0 Å². The zero-order chi connectivity index (χ0) is 13.4. The van der Waals surface area contributed by atoms with Crippen molar-refractivity contribution in [1.82, 2.24) is 0 Å². The first kappa shape index (κ1) is 12.2. The molecule has 19 heavy (non-hydrogen) atoms. The summed E-state index contributed by atoms with van der Waals surface area (Å²) in [6.07, 6.45) is -0.374. The Kier molecular flexibility index (Phi) is 3.03. The van der Waals surface area contributed by atoms with Gasteiger partial charge in [-0.1, -0.05) is 17.7 Å². The molecule has 5 heteroatoms. The minimum Gasteiger partial charge on any atom is -0.482 e. The summed E-state index contributed by atoms with van der Waals surface area (Å²) in [5.41, 5.74) is 1.42. The summed E-state index contributed by atoms with van der Waals surface area (Å²) < 4.78 is 31.9. The van der Waals surface area contributed by atoms with E-state index >= 15 is 0 Å². The second-order valence-corrected chi connectivity index (χ2v) is 4.74. The Morgan fingerprint density at radius 2 is 1.95 bits per heavy atom. The highest BCUT2D eigenvalue weighted by molar-refractivity contribution is 6.30. The summed E-state index contributed by atoms with van der Waals surface area (Å²) >= 11 is 5.90. The van der Waals surface area contributed by atoms with Crippen LogP contribution in [0.2, 0.25) is 5.02 Å². The Labute approximate surface area is 114 Å². The number of anilines is 1. The normalized spacial score (nSPS) is 17.3. The van der Waals surface area contributed by atoms with Gasteiger partial charge in [0.1, 0.15) is 11.9 Å². The number of fused-ring (bicyclic) bond motifs is 1. The highest BCUT2D eigenvalue weighted by atomic mass is 35.5. The van der Waals surface area contributed by atoms with Gasteiger partial charge in [-0.2, -0.15) is 0 Å². The fourth-order valence-electron chi connectivity index (χ4n) is 2.04. The molecule has 0 saturated heterocycles. The number of halogens is 3. The van der Waals surface area contributed by atoms with Crippen molar-refractivity contribution in [3.8, 4) is 5.75 Å². The van der Waals surface area contributed by atoms with E-state index in [4.69, 9.17) is 16.3 Å². The van der Waals surface area contributed by atoms with Crippen LogP contribution in [0.1, 0.15) is 11.7 Å². The number of hydrogen-bond donors (Lipinski definition) is 1. The van der Waals surface area contributed by atoms with E-state index in [1.807, 2.05) is 6.07 Å². The van der Waals surface area contributed by atoms with Crippen molar-refractivity contribution in [2.45, 2.75) is 6.10 Å². The highest BCUT2D eigenvalue weighted by Gasteiger charge is 2.22. The SMILES string of the molecule is Fc1ccc(C2CNc3ccc(Cl)cc3O2)cc1F. The molecule has 0 spiro atoms.